The predicted molar refractivity (Wildman–Crippen MR) is 102 cm³/mol. The standard InChI is InChI=1S/C20H23NO2.BrH/c1-2-21-14-13-18(15-21)20(19(22)23,16-9-5-3-6-10-16)17-11-7-4-8-12-17;/h3-12,18H,2,13-15H2,1H3,(H,22,23);1H. The second-order valence-corrected chi connectivity index (χ2v) is 6.22. The first-order valence-corrected chi connectivity index (χ1v) is 8.26. The van der Waals surface area contributed by atoms with Crippen LogP contribution in [0.3, 0.4) is 0 Å². The van der Waals surface area contributed by atoms with E-state index >= 15 is 0 Å². The molecule has 0 amide bonds. The fraction of sp³-hybridized carbons (Fsp3) is 0.350. The average Bonchev–Trinajstić information content (AvgIpc) is 3.06. The van der Waals surface area contributed by atoms with Gasteiger partial charge in [0.05, 0.1) is 0 Å². The summed E-state index contributed by atoms with van der Waals surface area (Å²) in [7, 11) is 0. The second-order valence-electron chi connectivity index (χ2n) is 6.22. The van der Waals surface area contributed by atoms with Gasteiger partial charge in [0, 0.05) is 6.54 Å². The zero-order valence-corrected chi connectivity index (χ0v) is 15.6. The lowest BCUT2D eigenvalue weighted by atomic mass is 9.65. The number of hydrogen-bond donors (Lipinski definition) is 1. The van der Waals surface area contributed by atoms with Gasteiger partial charge >= 0.3 is 5.97 Å². The van der Waals surface area contributed by atoms with E-state index in [0.717, 1.165) is 37.2 Å². The first-order chi connectivity index (χ1) is 11.2. The van der Waals surface area contributed by atoms with Crippen molar-refractivity contribution in [3.63, 3.8) is 0 Å². The van der Waals surface area contributed by atoms with Gasteiger partial charge in [0.1, 0.15) is 5.41 Å². The van der Waals surface area contributed by atoms with Crippen LogP contribution in [-0.4, -0.2) is 35.6 Å². The number of halogens is 1. The molecule has 0 aromatic heterocycles. The van der Waals surface area contributed by atoms with Crippen molar-refractivity contribution in [1.29, 1.82) is 0 Å². The van der Waals surface area contributed by atoms with Crippen molar-refractivity contribution in [3.05, 3.63) is 71.8 Å². The molecule has 4 heteroatoms. The third-order valence-corrected chi connectivity index (χ3v) is 5.13. The molecule has 128 valence electrons. The van der Waals surface area contributed by atoms with E-state index in [4.69, 9.17) is 0 Å². The van der Waals surface area contributed by atoms with Crippen LogP contribution in [0.1, 0.15) is 24.5 Å². The number of benzene rings is 2. The van der Waals surface area contributed by atoms with Crippen LogP contribution in [0.15, 0.2) is 60.7 Å². The first-order valence-electron chi connectivity index (χ1n) is 8.26. The number of likely N-dealkylation sites (tertiary alicyclic amines) is 1. The molecule has 1 aliphatic heterocycles. The summed E-state index contributed by atoms with van der Waals surface area (Å²) in [6, 6.07) is 19.4. The molecule has 0 radical (unpaired) electrons. The van der Waals surface area contributed by atoms with Crippen molar-refractivity contribution in [2.45, 2.75) is 18.8 Å². The Balaban J connectivity index is 0.00000208. The van der Waals surface area contributed by atoms with Crippen LogP contribution >= 0.6 is 17.0 Å². The molecule has 0 bridgehead atoms. The summed E-state index contributed by atoms with van der Waals surface area (Å²) in [6.45, 7) is 4.90. The van der Waals surface area contributed by atoms with Gasteiger partial charge in [0.15, 0.2) is 0 Å². The fourth-order valence-corrected chi connectivity index (χ4v) is 3.94. The highest BCUT2D eigenvalue weighted by atomic mass is 79.9. The van der Waals surface area contributed by atoms with E-state index in [1.165, 1.54) is 0 Å². The number of nitrogens with zero attached hydrogens (tertiary/aromatic N) is 1. The van der Waals surface area contributed by atoms with E-state index in [-0.39, 0.29) is 22.9 Å². The first kappa shape index (κ1) is 18.7. The third kappa shape index (κ3) is 3.13. The molecule has 0 aliphatic carbocycles. The quantitative estimate of drug-likeness (QED) is 0.840. The number of carbonyl (C=O) groups is 1. The molecular weight excluding hydrogens is 366 g/mol. The van der Waals surface area contributed by atoms with Crippen molar-refractivity contribution in [2.75, 3.05) is 19.6 Å². The molecule has 1 aliphatic rings. The van der Waals surface area contributed by atoms with Crippen molar-refractivity contribution in [3.8, 4) is 0 Å². The normalized spacial score (nSPS) is 18.1. The Bertz CT molecular complexity index is 620. The summed E-state index contributed by atoms with van der Waals surface area (Å²) in [5, 5.41) is 10.3. The minimum Gasteiger partial charge on any atom is -0.480 e. The molecule has 3 rings (SSSR count). The monoisotopic (exact) mass is 389 g/mol. The summed E-state index contributed by atoms with van der Waals surface area (Å²) < 4.78 is 0. The summed E-state index contributed by atoms with van der Waals surface area (Å²) in [5.74, 6) is -0.678. The number of hydrogen-bond acceptors (Lipinski definition) is 2. The minimum absolute atomic E-state index is 0. The highest BCUT2D eigenvalue weighted by Gasteiger charge is 2.50. The van der Waals surface area contributed by atoms with Gasteiger partial charge in [0.25, 0.3) is 0 Å². The van der Waals surface area contributed by atoms with Crippen molar-refractivity contribution in [2.24, 2.45) is 5.92 Å². The molecule has 3 nitrogen and oxygen atoms in total. The molecule has 1 saturated heterocycles. The summed E-state index contributed by atoms with van der Waals surface area (Å²) in [5.41, 5.74) is 0.773. The molecule has 1 N–H and O–H groups in total. The maximum Gasteiger partial charge on any atom is 0.318 e. The van der Waals surface area contributed by atoms with Gasteiger partial charge in [-0.3, -0.25) is 4.79 Å². The van der Waals surface area contributed by atoms with Crippen LogP contribution in [0.2, 0.25) is 0 Å². The van der Waals surface area contributed by atoms with Gasteiger partial charge < -0.3 is 10.0 Å². The molecule has 0 spiro atoms. The second kappa shape index (κ2) is 7.95. The Kier molecular flexibility index (Phi) is 6.19. The fourth-order valence-electron chi connectivity index (χ4n) is 3.94. The van der Waals surface area contributed by atoms with Crippen LogP contribution in [0, 0.1) is 5.92 Å². The Morgan fingerprint density at radius 1 is 1.08 bits per heavy atom. The third-order valence-electron chi connectivity index (χ3n) is 5.13. The Morgan fingerprint density at radius 2 is 1.58 bits per heavy atom. The predicted octanol–water partition coefficient (Wildman–Crippen LogP) is 3.98. The van der Waals surface area contributed by atoms with Gasteiger partial charge in [-0.05, 0) is 36.6 Å². The maximum absolute atomic E-state index is 12.6. The molecule has 1 fully saturated rings. The van der Waals surface area contributed by atoms with E-state index in [2.05, 4.69) is 11.8 Å². The van der Waals surface area contributed by atoms with Crippen molar-refractivity contribution in [1.82, 2.24) is 4.90 Å². The topological polar surface area (TPSA) is 40.5 Å². The zero-order valence-electron chi connectivity index (χ0n) is 13.9. The van der Waals surface area contributed by atoms with Crippen molar-refractivity contribution >= 4 is 23.0 Å². The van der Waals surface area contributed by atoms with Crippen LogP contribution in [0.4, 0.5) is 0 Å². The number of carboxylic acids is 1. The number of aliphatic carboxylic acids is 1. The van der Waals surface area contributed by atoms with E-state index in [9.17, 15) is 9.90 Å². The van der Waals surface area contributed by atoms with Crippen LogP contribution in [0.5, 0.6) is 0 Å². The van der Waals surface area contributed by atoms with Gasteiger partial charge in [-0.1, -0.05) is 67.6 Å². The lowest BCUT2D eigenvalue weighted by Crippen LogP contribution is -2.45. The van der Waals surface area contributed by atoms with E-state index < -0.39 is 11.4 Å². The maximum atomic E-state index is 12.6. The molecule has 1 atom stereocenters. The van der Waals surface area contributed by atoms with Crippen molar-refractivity contribution < 1.29 is 9.90 Å². The van der Waals surface area contributed by atoms with Crippen LogP contribution in [0.25, 0.3) is 0 Å². The van der Waals surface area contributed by atoms with Crippen LogP contribution in [-0.2, 0) is 10.2 Å². The largest absolute Gasteiger partial charge is 0.480 e. The summed E-state index contributed by atoms with van der Waals surface area (Å²) in [6.07, 6.45) is 0.907. The lowest BCUT2D eigenvalue weighted by Gasteiger charge is -2.36. The SMILES string of the molecule is Br.CCN1CCC(C(C(=O)O)(c2ccccc2)c2ccccc2)C1. The molecule has 1 heterocycles. The number of rotatable bonds is 5. The molecule has 2 aromatic carbocycles. The molecule has 2 aromatic rings. The Hall–Kier alpha value is -1.65. The van der Waals surface area contributed by atoms with Gasteiger partial charge in [0.2, 0.25) is 0 Å². The molecule has 24 heavy (non-hydrogen) atoms. The van der Waals surface area contributed by atoms with E-state index in [1.807, 2.05) is 60.7 Å². The highest BCUT2D eigenvalue weighted by molar-refractivity contribution is 8.93. The van der Waals surface area contributed by atoms with E-state index in [1.54, 1.807) is 0 Å². The molecular formula is C20H24BrNO2. The average molecular weight is 390 g/mol. The van der Waals surface area contributed by atoms with Crippen LogP contribution < -0.4 is 0 Å². The molecule has 1 unspecified atom stereocenters. The van der Waals surface area contributed by atoms with Gasteiger partial charge in [-0.2, -0.15) is 0 Å². The smallest absolute Gasteiger partial charge is 0.318 e. The lowest BCUT2D eigenvalue weighted by molar-refractivity contribution is -0.144. The van der Waals surface area contributed by atoms with E-state index in [0.29, 0.717) is 0 Å². The minimum atomic E-state index is -0.980. The van der Waals surface area contributed by atoms with Gasteiger partial charge in [-0.25, -0.2) is 0 Å². The Labute approximate surface area is 154 Å². The molecule has 0 saturated carbocycles. The summed E-state index contributed by atoms with van der Waals surface area (Å²) >= 11 is 0. The Morgan fingerprint density at radius 3 is 1.96 bits per heavy atom. The zero-order chi connectivity index (χ0) is 16.3. The highest BCUT2D eigenvalue weighted by Crippen LogP contribution is 2.43. The summed E-state index contributed by atoms with van der Waals surface area (Å²) in [4.78, 5) is 14.9. The number of carboxylic acid groups (broad SMARTS) is 1. The van der Waals surface area contributed by atoms with Gasteiger partial charge in [-0.15, -0.1) is 17.0 Å².